The van der Waals surface area contributed by atoms with E-state index >= 15 is 0 Å². The zero-order valence-corrected chi connectivity index (χ0v) is 7.72. The highest BCUT2D eigenvalue weighted by atomic mass is 16.1. The molecule has 1 aliphatic carbocycles. The highest BCUT2D eigenvalue weighted by molar-refractivity contribution is 5.93. The molecule has 0 N–H and O–H groups in total. The summed E-state index contributed by atoms with van der Waals surface area (Å²) in [6.07, 6.45) is 3.74. The molecule has 0 amide bonds. The summed E-state index contributed by atoms with van der Waals surface area (Å²) >= 11 is 0. The molecule has 0 saturated carbocycles. The van der Waals surface area contributed by atoms with Gasteiger partial charge in [0.25, 0.3) is 0 Å². The molecule has 1 rings (SSSR count). The van der Waals surface area contributed by atoms with Crippen molar-refractivity contribution in [2.24, 2.45) is 17.3 Å². The second-order valence-corrected chi connectivity index (χ2v) is 4.09. The Morgan fingerprint density at radius 2 is 1.91 bits per heavy atom. The SMILES string of the molecule is CC1C=CC(=O)C(C)C1(C)C. The molecule has 2 unspecified atom stereocenters. The van der Waals surface area contributed by atoms with E-state index in [1.165, 1.54) is 0 Å². The van der Waals surface area contributed by atoms with Gasteiger partial charge in [-0.05, 0) is 17.4 Å². The van der Waals surface area contributed by atoms with Crippen LogP contribution in [0, 0.1) is 17.3 Å². The maximum Gasteiger partial charge on any atom is 0.158 e. The highest BCUT2D eigenvalue weighted by Crippen LogP contribution is 2.39. The van der Waals surface area contributed by atoms with Crippen LogP contribution in [0.2, 0.25) is 0 Å². The number of ketones is 1. The number of carbonyl (C=O) groups is 1. The molecule has 1 aliphatic rings. The van der Waals surface area contributed by atoms with Crippen molar-refractivity contribution in [1.82, 2.24) is 0 Å². The fourth-order valence-electron chi connectivity index (χ4n) is 1.39. The maximum atomic E-state index is 11.3. The molecule has 0 aliphatic heterocycles. The van der Waals surface area contributed by atoms with Crippen LogP contribution in [0.5, 0.6) is 0 Å². The smallest absolute Gasteiger partial charge is 0.158 e. The van der Waals surface area contributed by atoms with E-state index in [4.69, 9.17) is 0 Å². The van der Waals surface area contributed by atoms with Gasteiger partial charge < -0.3 is 0 Å². The Hall–Kier alpha value is -0.590. The topological polar surface area (TPSA) is 17.1 Å². The summed E-state index contributed by atoms with van der Waals surface area (Å²) < 4.78 is 0. The first-order valence-corrected chi connectivity index (χ1v) is 4.18. The normalized spacial score (nSPS) is 35.8. The maximum absolute atomic E-state index is 11.3. The first kappa shape index (κ1) is 8.51. The van der Waals surface area contributed by atoms with E-state index in [2.05, 4.69) is 20.8 Å². The molecule has 0 saturated heterocycles. The van der Waals surface area contributed by atoms with Gasteiger partial charge >= 0.3 is 0 Å². The molecule has 62 valence electrons. The van der Waals surface area contributed by atoms with Gasteiger partial charge in [-0.15, -0.1) is 0 Å². The number of carbonyl (C=O) groups excluding carboxylic acids is 1. The summed E-state index contributed by atoms with van der Waals surface area (Å²) in [6, 6.07) is 0. The van der Waals surface area contributed by atoms with Gasteiger partial charge in [-0.1, -0.05) is 33.8 Å². The number of hydrogen-bond acceptors (Lipinski definition) is 1. The van der Waals surface area contributed by atoms with Crippen LogP contribution in [-0.4, -0.2) is 5.78 Å². The van der Waals surface area contributed by atoms with Crippen LogP contribution >= 0.6 is 0 Å². The molecule has 1 heteroatoms. The van der Waals surface area contributed by atoms with E-state index in [1.807, 2.05) is 13.0 Å². The molecule has 0 aromatic heterocycles. The van der Waals surface area contributed by atoms with Gasteiger partial charge in [0.05, 0.1) is 0 Å². The first-order valence-electron chi connectivity index (χ1n) is 4.18. The van der Waals surface area contributed by atoms with Gasteiger partial charge in [-0.25, -0.2) is 0 Å². The van der Waals surface area contributed by atoms with Crippen molar-refractivity contribution in [2.45, 2.75) is 27.7 Å². The van der Waals surface area contributed by atoms with Crippen LogP contribution in [0.15, 0.2) is 12.2 Å². The van der Waals surface area contributed by atoms with Crippen molar-refractivity contribution in [3.8, 4) is 0 Å². The third kappa shape index (κ3) is 1.24. The van der Waals surface area contributed by atoms with Crippen LogP contribution in [0.1, 0.15) is 27.7 Å². The molecule has 0 bridgehead atoms. The molecular formula is C10H16O. The number of allylic oxidation sites excluding steroid dienone is 2. The number of rotatable bonds is 0. The second-order valence-electron chi connectivity index (χ2n) is 4.09. The molecule has 2 atom stereocenters. The fourth-order valence-corrected chi connectivity index (χ4v) is 1.39. The van der Waals surface area contributed by atoms with Crippen LogP contribution in [0.4, 0.5) is 0 Å². The summed E-state index contributed by atoms with van der Waals surface area (Å²) in [5, 5.41) is 0. The van der Waals surface area contributed by atoms with E-state index in [1.54, 1.807) is 6.08 Å². The largest absolute Gasteiger partial charge is 0.295 e. The lowest BCUT2D eigenvalue weighted by atomic mass is 9.66. The lowest BCUT2D eigenvalue weighted by Gasteiger charge is -2.37. The van der Waals surface area contributed by atoms with Gasteiger partial charge in [0.2, 0.25) is 0 Å². The molecule has 11 heavy (non-hydrogen) atoms. The summed E-state index contributed by atoms with van der Waals surface area (Å²) in [5.74, 6) is 0.950. The van der Waals surface area contributed by atoms with Crippen LogP contribution < -0.4 is 0 Å². The standard InChI is InChI=1S/C10H16O/c1-7-5-6-9(11)8(2)10(7,3)4/h5-8H,1-4H3. The van der Waals surface area contributed by atoms with E-state index in [0.717, 1.165) is 0 Å². The third-order valence-corrected chi connectivity index (χ3v) is 3.27. The minimum absolute atomic E-state index is 0.131. The third-order valence-electron chi connectivity index (χ3n) is 3.27. The minimum atomic E-state index is 0.131. The Labute approximate surface area is 68.5 Å². The van der Waals surface area contributed by atoms with E-state index in [0.29, 0.717) is 5.92 Å². The average molecular weight is 152 g/mol. The van der Waals surface area contributed by atoms with Crippen molar-refractivity contribution in [2.75, 3.05) is 0 Å². The lowest BCUT2D eigenvalue weighted by Crippen LogP contribution is -2.35. The Morgan fingerprint density at radius 3 is 2.36 bits per heavy atom. The van der Waals surface area contributed by atoms with Crippen molar-refractivity contribution in [1.29, 1.82) is 0 Å². The predicted octanol–water partition coefficient (Wildman–Crippen LogP) is 2.42. The summed E-state index contributed by atoms with van der Waals surface area (Å²) in [6.45, 7) is 8.50. The second kappa shape index (κ2) is 2.47. The molecule has 0 aromatic rings. The fraction of sp³-hybridized carbons (Fsp3) is 0.700. The molecule has 0 aromatic carbocycles. The number of hydrogen-bond donors (Lipinski definition) is 0. The van der Waals surface area contributed by atoms with Crippen molar-refractivity contribution in [3.63, 3.8) is 0 Å². The first-order chi connectivity index (χ1) is 4.96. The van der Waals surface area contributed by atoms with Crippen LogP contribution in [0.25, 0.3) is 0 Å². The molecule has 0 spiro atoms. The zero-order valence-electron chi connectivity index (χ0n) is 7.72. The summed E-state index contributed by atoms with van der Waals surface area (Å²) in [5.41, 5.74) is 0.131. The monoisotopic (exact) mass is 152 g/mol. The quantitative estimate of drug-likeness (QED) is 0.521. The summed E-state index contributed by atoms with van der Waals surface area (Å²) in [4.78, 5) is 11.3. The van der Waals surface area contributed by atoms with E-state index < -0.39 is 0 Å². The van der Waals surface area contributed by atoms with E-state index in [9.17, 15) is 4.79 Å². The zero-order chi connectivity index (χ0) is 8.65. The predicted molar refractivity (Wildman–Crippen MR) is 46.3 cm³/mol. The van der Waals surface area contributed by atoms with Gasteiger partial charge in [0.1, 0.15) is 0 Å². The van der Waals surface area contributed by atoms with E-state index in [-0.39, 0.29) is 17.1 Å². The summed E-state index contributed by atoms with van der Waals surface area (Å²) in [7, 11) is 0. The molecular weight excluding hydrogens is 136 g/mol. The van der Waals surface area contributed by atoms with Gasteiger partial charge in [0, 0.05) is 5.92 Å². The van der Waals surface area contributed by atoms with Crippen LogP contribution in [0.3, 0.4) is 0 Å². The van der Waals surface area contributed by atoms with Gasteiger partial charge in [-0.2, -0.15) is 0 Å². The van der Waals surface area contributed by atoms with Crippen molar-refractivity contribution in [3.05, 3.63) is 12.2 Å². The Morgan fingerprint density at radius 1 is 1.36 bits per heavy atom. The molecule has 0 radical (unpaired) electrons. The minimum Gasteiger partial charge on any atom is -0.295 e. The van der Waals surface area contributed by atoms with Gasteiger partial charge in [-0.3, -0.25) is 4.79 Å². The Bertz CT molecular complexity index is 201. The molecule has 1 nitrogen and oxygen atoms in total. The Balaban J connectivity index is 2.97. The lowest BCUT2D eigenvalue weighted by molar-refractivity contribution is -0.122. The highest BCUT2D eigenvalue weighted by Gasteiger charge is 2.36. The Kier molecular flexibility index (Phi) is 1.91. The molecule has 0 heterocycles. The van der Waals surface area contributed by atoms with Crippen molar-refractivity contribution < 1.29 is 4.79 Å². The van der Waals surface area contributed by atoms with Crippen LogP contribution in [-0.2, 0) is 4.79 Å². The van der Waals surface area contributed by atoms with Gasteiger partial charge in [0.15, 0.2) is 5.78 Å². The molecule has 0 fully saturated rings. The van der Waals surface area contributed by atoms with Crippen molar-refractivity contribution >= 4 is 5.78 Å². The average Bonchev–Trinajstić information content (AvgIpc) is 1.95.